The molecule has 0 saturated carbocycles. The van der Waals surface area contributed by atoms with Crippen LogP contribution in [0.15, 0.2) is 34.3 Å². The second-order valence-electron chi connectivity index (χ2n) is 6.52. The molecule has 3 heterocycles. The summed E-state index contributed by atoms with van der Waals surface area (Å²) in [5, 5.41) is 10.9. The predicted octanol–water partition coefficient (Wildman–Crippen LogP) is 2.67. The summed E-state index contributed by atoms with van der Waals surface area (Å²) in [6.45, 7) is 3.69. The topological polar surface area (TPSA) is 101 Å². The van der Waals surface area contributed by atoms with Crippen LogP contribution in [-0.2, 0) is 6.61 Å². The monoisotopic (exact) mass is 379 g/mol. The number of halogens is 1. The normalized spacial score (nSPS) is 16.9. The molecule has 134 valence electrons. The highest BCUT2D eigenvalue weighted by Gasteiger charge is 2.27. The molecule has 2 aromatic heterocycles. The SMILES string of the molecule is CC1(N)CCN(c2ccc(Sc3ccnc(N)c3Cl)nc2CO)CC1. The lowest BCUT2D eigenvalue weighted by atomic mass is 9.91. The summed E-state index contributed by atoms with van der Waals surface area (Å²) in [6, 6.07) is 5.73. The minimum atomic E-state index is -0.119. The van der Waals surface area contributed by atoms with Gasteiger partial charge in [-0.3, -0.25) is 0 Å². The maximum atomic E-state index is 9.76. The molecule has 1 saturated heterocycles. The highest BCUT2D eigenvalue weighted by atomic mass is 35.5. The van der Waals surface area contributed by atoms with Crippen LogP contribution in [0.1, 0.15) is 25.5 Å². The first kappa shape index (κ1) is 18.3. The zero-order valence-electron chi connectivity index (χ0n) is 14.1. The van der Waals surface area contributed by atoms with Crippen molar-refractivity contribution in [3.8, 4) is 0 Å². The minimum Gasteiger partial charge on any atom is -0.390 e. The van der Waals surface area contributed by atoms with E-state index in [1.54, 1.807) is 12.3 Å². The Morgan fingerprint density at radius 1 is 1.32 bits per heavy atom. The summed E-state index contributed by atoms with van der Waals surface area (Å²) < 4.78 is 0. The summed E-state index contributed by atoms with van der Waals surface area (Å²) in [7, 11) is 0. The molecule has 0 bridgehead atoms. The Morgan fingerprint density at radius 2 is 2.04 bits per heavy atom. The smallest absolute Gasteiger partial charge is 0.143 e. The van der Waals surface area contributed by atoms with Crippen molar-refractivity contribution < 1.29 is 5.11 Å². The number of aromatic nitrogens is 2. The number of aliphatic hydroxyl groups is 1. The minimum absolute atomic E-state index is 0.114. The Bertz CT molecular complexity index is 761. The lowest BCUT2D eigenvalue weighted by molar-refractivity contribution is 0.275. The zero-order valence-corrected chi connectivity index (χ0v) is 15.6. The van der Waals surface area contributed by atoms with E-state index in [-0.39, 0.29) is 12.1 Å². The van der Waals surface area contributed by atoms with E-state index in [2.05, 4.69) is 21.8 Å². The fourth-order valence-corrected chi connectivity index (χ4v) is 3.89. The molecular formula is C17H22ClN5OS. The van der Waals surface area contributed by atoms with Gasteiger partial charge in [0.25, 0.3) is 0 Å². The van der Waals surface area contributed by atoms with E-state index in [0.717, 1.165) is 41.5 Å². The van der Waals surface area contributed by atoms with Crippen LogP contribution in [0.25, 0.3) is 0 Å². The van der Waals surface area contributed by atoms with Gasteiger partial charge in [0.2, 0.25) is 0 Å². The first-order chi connectivity index (χ1) is 11.9. The summed E-state index contributed by atoms with van der Waals surface area (Å²) >= 11 is 7.59. The van der Waals surface area contributed by atoms with Crippen LogP contribution in [-0.4, -0.2) is 33.7 Å². The van der Waals surface area contributed by atoms with Gasteiger partial charge in [-0.15, -0.1) is 0 Å². The Hall–Kier alpha value is -1.54. The Balaban J connectivity index is 1.81. The highest BCUT2D eigenvalue weighted by Crippen LogP contribution is 2.36. The van der Waals surface area contributed by atoms with Crippen LogP contribution in [0.2, 0.25) is 5.02 Å². The van der Waals surface area contributed by atoms with Crippen molar-refractivity contribution in [2.24, 2.45) is 5.73 Å². The maximum absolute atomic E-state index is 9.76. The van der Waals surface area contributed by atoms with Gasteiger partial charge >= 0.3 is 0 Å². The van der Waals surface area contributed by atoms with Gasteiger partial charge in [0.1, 0.15) is 10.8 Å². The van der Waals surface area contributed by atoms with Gasteiger partial charge in [-0.2, -0.15) is 0 Å². The van der Waals surface area contributed by atoms with E-state index >= 15 is 0 Å². The lowest BCUT2D eigenvalue weighted by Gasteiger charge is -2.38. The second-order valence-corrected chi connectivity index (χ2v) is 7.97. The van der Waals surface area contributed by atoms with E-state index < -0.39 is 0 Å². The van der Waals surface area contributed by atoms with Gasteiger partial charge in [0.05, 0.1) is 23.0 Å². The van der Waals surface area contributed by atoms with Crippen LogP contribution >= 0.6 is 23.4 Å². The number of pyridine rings is 2. The molecule has 1 fully saturated rings. The number of hydrogen-bond donors (Lipinski definition) is 3. The number of nitrogens with zero attached hydrogens (tertiary/aromatic N) is 3. The molecule has 2 aromatic rings. The quantitative estimate of drug-likeness (QED) is 0.750. The molecule has 5 N–H and O–H groups in total. The molecule has 0 amide bonds. The standard InChI is InChI=1S/C17H22ClN5OS/c1-17(20)5-8-23(9-6-17)12-2-3-14(22-11(12)10-24)25-13-4-7-21-16(19)15(13)18/h2-4,7,24H,5-6,8-10,20H2,1H3,(H2,19,21). The highest BCUT2D eigenvalue weighted by molar-refractivity contribution is 7.99. The van der Waals surface area contributed by atoms with Crippen molar-refractivity contribution in [2.75, 3.05) is 23.7 Å². The van der Waals surface area contributed by atoms with Gasteiger partial charge in [-0.25, -0.2) is 9.97 Å². The lowest BCUT2D eigenvalue weighted by Crippen LogP contribution is -2.48. The van der Waals surface area contributed by atoms with Crippen LogP contribution in [0.3, 0.4) is 0 Å². The molecule has 0 unspecified atom stereocenters. The summed E-state index contributed by atoms with van der Waals surface area (Å²) in [4.78, 5) is 11.6. The molecule has 1 aliphatic rings. The first-order valence-electron chi connectivity index (χ1n) is 8.12. The van der Waals surface area contributed by atoms with Gasteiger partial charge in [0.15, 0.2) is 0 Å². The number of nitrogen functional groups attached to an aromatic ring is 1. The van der Waals surface area contributed by atoms with Crippen molar-refractivity contribution in [3.05, 3.63) is 35.1 Å². The number of nitrogens with two attached hydrogens (primary N) is 2. The predicted molar refractivity (Wildman–Crippen MR) is 102 cm³/mol. The van der Waals surface area contributed by atoms with Crippen molar-refractivity contribution in [1.29, 1.82) is 0 Å². The molecule has 6 nitrogen and oxygen atoms in total. The third-order valence-corrected chi connectivity index (χ3v) is 5.92. The van der Waals surface area contributed by atoms with Crippen molar-refractivity contribution in [1.82, 2.24) is 9.97 Å². The van der Waals surface area contributed by atoms with E-state index in [0.29, 0.717) is 16.5 Å². The summed E-state index contributed by atoms with van der Waals surface area (Å²) in [5.74, 6) is 0.295. The molecule has 0 aliphatic carbocycles. The molecule has 8 heteroatoms. The molecule has 25 heavy (non-hydrogen) atoms. The fraction of sp³-hybridized carbons (Fsp3) is 0.412. The molecule has 0 radical (unpaired) electrons. The number of anilines is 2. The third kappa shape index (κ3) is 4.17. The molecule has 0 atom stereocenters. The van der Waals surface area contributed by atoms with Crippen LogP contribution in [0, 0.1) is 0 Å². The zero-order chi connectivity index (χ0) is 18.0. The van der Waals surface area contributed by atoms with Crippen LogP contribution in [0.4, 0.5) is 11.5 Å². The first-order valence-corrected chi connectivity index (χ1v) is 9.31. The van der Waals surface area contributed by atoms with Gasteiger partial charge < -0.3 is 21.5 Å². The van der Waals surface area contributed by atoms with E-state index in [1.807, 2.05) is 12.1 Å². The number of hydrogen-bond acceptors (Lipinski definition) is 7. The average Bonchev–Trinajstić information content (AvgIpc) is 2.59. The Kier molecular flexibility index (Phi) is 5.38. The fourth-order valence-electron chi connectivity index (χ4n) is 2.83. The van der Waals surface area contributed by atoms with E-state index in [9.17, 15) is 5.11 Å². The number of piperidine rings is 1. The molecule has 0 aromatic carbocycles. The maximum Gasteiger partial charge on any atom is 0.143 e. The second kappa shape index (κ2) is 7.37. The molecule has 1 aliphatic heterocycles. The number of rotatable bonds is 4. The van der Waals surface area contributed by atoms with Crippen molar-refractivity contribution in [2.45, 2.75) is 41.8 Å². The molecule has 3 rings (SSSR count). The third-order valence-electron chi connectivity index (χ3n) is 4.42. The molecule has 0 spiro atoms. The van der Waals surface area contributed by atoms with E-state index in [1.165, 1.54) is 11.8 Å². The summed E-state index contributed by atoms with van der Waals surface area (Å²) in [6.07, 6.45) is 3.45. The van der Waals surface area contributed by atoms with Crippen LogP contribution < -0.4 is 16.4 Å². The van der Waals surface area contributed by atoms with E-state index in [4.69, 9.17) is 23.1 Å². The van der Waals surface area contributed by atoms with Gasteiger partial charge in [-0.05, 0) is 38.0 Å². The number of aliphatic hydroxyl groups excluding tert-OH is 1. The largest absolute Gasteiger partial charge is 0.390 e. The van der Waals surface area contributed by atoms with Gasteiger partial charge in [0, 0.05) is 29.7 Å². The average molecular weight is 380 g/mol. The van der Waals surface area contributed by atoms with Crippen LogP contribution in [0.5, 0.6) is 0 Å². The Labute approximate surface area is 156 Å². The van der Waals surface area contributed by atoms with Crippen molar-refractivity contribution in [3.63, 3.8) is 0 Å². The summed E-state index contributed by atoms with van der Waals surface area (Å²) in [5.41, 5.74) is 13.4. The Morgan fingerprint density at radius 3 is 2.72 bits per heavy atom. The molecular weight excluding hydrogens is 358 g/mol. The van der Waals surface area contributed by atoms with Crippen molar-refractivity contribution >= 4 is 34.9 Å². The van der Waals surface area contributed by atoms with Gasteiger partial charge in [-0.1, -0.05) is 23.4 Å².